The van der Waals surface area contributed by atoms with Gasteiger partial charge in [-0.3, -0.25) is 0 Å². The first-order chi connectivity index (χ1) is 8.11. The minimum atomic E-state index is 0.113. The van der Waals surface area contributed by atoms with E-state index in [4.69, 9.17) is 23.2 Å². The van der Waals surface area contributed by atoms with Crippen molar-refractivity contribution in [2.45, 2.75) is 46.6 Å². The fourth-order valence-electron chi connectivity index (χ4n) is 1.75. The third kappa shape index (κ3) is 5.17. The van der Waals surface area contributed by atoms with Crippen LogP contribution in [-0.2, 0) is 6.42 Å². The lowest BCUT2D eigenvalue weighted by molar-refractivity contribution is 0.289. The first kappa shape index (κ1) is 15.8. The molecule has 0 saturated carbocycles. The van der Waals surface area contributed by atoms with Crippen LogP contribution in [0.3, 0.4) is 0 Å². The predicted molar refractivity (Wildman–Crippen MR) is 81.7 cm³/mol. The third-order valence-electron chi connectivity index (χ3n) is 2.81. The molecule has 1 N–H and O–H groups in total. The van der Waals surface area contributed by atoms with E-state index in [0.29, 0.717) is 0 Å². The summed E-state index contributed by atoms with van der Waals surface area (Å²) in [4.78, 5) is 0. The Morgan fingerprint density at radius 1 is 1.00 bits per heavy atom. The van der Waals surface area contributed by atoms with Gasteiger partial charge in [0.15, 0.2) is 0 Å². The molecule has 0 unspecified atom stereocenters. The molecular weight excluding hydrogens is 265 g/mol. The summed E-state index contributed by atoms with van der Waals surface area (Å²) in [6.07, 6.45) is 0.870. The first-order valence-corrected chi connectivity index (χ1v) is 7.04. The molecule has 0 aliphatic rings. The standard InChI is InChI=1S/C15H23Cl2N/c1-14(2,3)18-10-15(4,5)9-11-12(16)7-6-8-13(11)17/h6-8,18H,9-10H2,1-5H3. The molecule has 18 heavy (non-hydrogen) atoms. The molecule has 102 valence electrons. The number of nitrogens with one attached hydrogen (secondary N) is 1. The Balaban J connectivity index is 2.76. The summed E-state index contributed by atoms with van der Waals surface area (Å²) >= 11 is 12.4. The SMILES string of the molecule is CC(C)(CNC(C)(C)C)Cc1c(Cl)cccc1Cl. The molecule has 0 saturated heterocycles. The predicted octanol–water partition coefficient (Wildman–Crippen LogP) is 4.95. The van der Waals surface area contributed by atoms with Gasteiger partial charge in [-0.1, -0.05) is 43.1 Å². The van der Waals surface area contributed by atoms with Crippen LogP contribution >= 0.6 is 23.2 Å². The fraction of sp³-hybridized carbons (Fsp3) is 0.600. The van der Waals surface area contributed by atoms with Gasteiger partial charge in [0.25, 0.3) is 0 Å². The van der Waals surface area contributed by atoms with E-state index in [-0.39, 0.29) is 11.0 Å². The minimum Gasteiger partial charge on any atom is -0.312 e. The molecule has 1 aromatic carbocycles. The number of hydrogen-bond acceptors (Lipinski definition) is 1. The van der Waals surface area contributed by atoms with Gasteiger partial charge < -0.3 is 5.32 Å². The monoisotopic (exact) mass is 287 g/mol. The van der Waals surface area contributed by atoms with Crippen molar-refractivity contribution in [2.75, 3.05) is 6.54 Å². The molecule has 0 spiro atoms. The molecule has 3 heteroatoms. The second-order valence-corrected chi connectivity index (χ2v) is 7.46. The first-order valence-electron chi connectivity index (χ1n) is 6.29. The van der Waals surface area contributed by atoms with Gasteiger partial charge in [-0.05, 0) is 50.3 Å². The highest BCUT2D eigenvalue weighted by Crippen LogP contribution is 2.31. The third-order valence-corrected chi connectivity index (χ3v) is 3.52. The lowest BCUT2D eigenvalue weighted by Crippen LogP contribution is -2.42. The average Bonchev–Trinajstić information content (AvgIpc) is 2.20. The highest BCUT2D eigenvalue weighted by Gasteiger charge is 2.23. The van der Waals surface area contributed by atoms with Crippen molar-refractivity contribution in [1.82, 2.24) is 5.32 Å². The van der Waals surface area contributed by atoms with Crippen molar-refractivity contribution in [2.24, 2.45) is 5.41 Å². The maximum absolute atomic E-state index is 6.22. The summed E-state index contributed by atoms with van der Waals surface area (Å²) < 4.78 is 0. The molecule has 0 heterocycles. The van der Waals surface area contributed by atoms with E-state index in [0.717, 1.165) is 28.6 Å². The lowest BCUT2D eigenvalue weighted by Gasteiger charge is -2.31. The van der Waals surface area contributed by atoms with E-state index in [1.165, 1.54) is 0 Å². The Kier molecular flexibility index (Phi) is 5.11. The Morgan fingerprint density at radius 3 is 1.94 bits per heavy atom. The molecule has 0 bridgehead atoms. The van der Waals surface area contributed by atoms with Gasteiger partial charge in [-0.15, -0.1) is 0 Å². The number of benzene rings is 1. The van der Waals surface area contributed by atoms with Crippen molar-refractivity contribution in [3.63, 3.8) is 0 Å². The van der Waals surface area contributed by atoms with Gasteiger partial charge in [-0.2, -0.15) is 0 Å². The van der Waals surface area contributed by atoms with Crippen LogP contribution in [0.15, 0.2) is 18.2 Å². The summed E-state index contributed by atoms with van der Waals surface area (Å²) in [5.41, 5.74) is 1.28. The second kappa shape index (κ2) is 5.81. The topological polar surface area (TPSA) is 12.0 Å². The highest BCUT2D eigenvalue weighted by molar-refractivity contribution is 6.36. The van der Waals surface area contributed by atoms with Crippen molar-refractivity contribution in [3.05, 3.63) is 33.8 Å². The maximum atomic E-state index is 6.22. The van der Waals surface area contributed by atoms with Gasteiger partial charge in [0.05, 0.1) is 0 Å². The number of halogens is 2. The molecule has 0 aromatic heterocycles. The minimum absolute atomic E-state index is 0.113. The van der Waals surface area contributed by atoms with Crippen molar-refractivity contribution in [1.29, 1.82) is 0 Å². The van der Waals surface area contributed by atoms with E-state index in [1.807, 2.05) is 18.2 Å². The Bertz CT molecular complexity index is 385. The smallest absolute Gasteiger partial charge is 0.0453 e. The molecule has 1 rings (SSSR count). The van der Waals surface area contributed by atoms with E-state index in [1.54, 1.807) is 0 Å². The molecular formula is C15H23Cl2N. The van der Waals surface area contributed by atoms with Gasteiger partial charge in [0.2, 0.25) is 0 Å². The van der Waals surface area contributed by atoms with Crippen LogP contribution in [-0.4, -0.2) is 12.1 Å². The normalized spacial score (nSPS) is 12.8. The Labute approximate surface area is 121 Å². The summed E-state index contributed by atoms with van der Waals surface area (Å²) in [5, 5.41) is 5.05. The van der Waals surface area contributed by atoms with Gasteiger partial charge >= 0.3 is 0 Å². The summed E-state index contributed by atoms with van der Waals surface area (Å²) in [5.74, 6) is 0. The van der Waals surface area contributed by atoms with Crippen molar-refractivity contribution < 1.29 is 0 Å². The Morgan fingerprint density at radius 2 is 1.50 bits per heavy atom. The lowest BCUT2D eigenvalue weighted by atomic mass is 9.85. The summed E-state index contributed by atoms with van der Waals surface area (Å²) in [7, 11) is 0. The quantitative estimate of drug-likeness (QED) is 0.826. The summed E-state index contributed by atoms with van der Waals surface area (Å²) in [6.45, 7) is 11.9. The average molecular weight is 288 g/mol. The fourth-order valence-corrected chi connectivity index (χ4v) is 2.28. The van der Waals surface area contributed by atoms with Crippen molar-refractivity contribution in [3.8, 4) is 0 Å². The van der Waals surface area contributed by atoms with E-state index < -0.39 is 0 Å². The number of hydrogen-bond donors (Lipinski definition) is 1. The zero-order valence-electron chi connectivity index (χ0n) is 11.9. The van der Waals surface area contributed by atoms with Crippen LogP contribution in [0.25, 0.3) is 0 Å². The molecule has 0 aliphatic carbocycles. The van der Waals surface area contributed by atoms with Gasteiger partial charge in [0, 0.05) is 22.1 Å². The molecule has 1 nitrogen and oxygen atoms in total. The zero-order valence-corrected chi connectivity index (χ0v) is 13.4. The summed E-state index contributed by atoms with van der Waals surface area (Å²) in [6, 6.07) is 5.68. The molecule has 0 atom stereocenters. The maximum Gasteiger partial charge on any atom is 0.0453 e. The zero-order chi connectivity index (χ0) is 14.0. The van der Waals surface area contributed by atoms with Crippen LogP contribution in [0.1, 0.15) is 40.2 Å². The van der Waals surface area contributed by atoms with E-state index in [9.17, 15) is 0 Å². The van der Waals surface area contributed by atoms with Crippen LogP contribution < -0.4 is 5.32 Å². The van der Waals surface area contributed by atoms with E-state index >= 15 is 0 Å². The highest BCUT2D eigenvalue weighted by atomic mass is 35.5. The Hall–Kier alpha value is -0.240. The van der Waals surface area contributed by atoms with Gasteiger partial charge in [0.1, 0.15) is 0 Å². The van der Waals surface area contributed by atoms with Gasteiger partial charge in [-0.25, -0.2) is 0 Å². The van der Waals surface area contributed by atoms with Crippen LogP contribution in [0, 0.1) is 5.41 Å². The molecule has 0 fully saturated rings. The van der Waals surface area contributed by atoms with E-state index in [2.05, 4.69) is 39.9 Å². The molecule has 0 radical (unpaired) electrons. The molecule has 0 amide bonds. The van der Waals surface area contributed by atoms with Crippen LogP contribution in [0.5, 0.6) is 0 Å². The molecule has 1 aromatic rings. The molecule has 0 aliphatic heterocycles. The van der Waals surface area contributed by atoms with Crippen LogP contribution in [0.2, 0.25) is 10.0 Å². The number of rotatable bonds is 4. The second-order valence-electron chi connectivity index (χ2n) is 6.64. The van der Waals surface area contributed by atoms with Crippen molar-refractivity contribution >= 4 is 23.2 Å². The van der Waals surface area contributed by atoms with Crippen LogP contribution in [0.4, 0.5) is 0 Å². The largest absolute Gasteiger partial charge is 0.312 e.